The molecule has 8 heteroatoms. The number of anilines is 1. The average molecular weight is 464 g/mol. The van der Waals surface area contributed by atoms with Gasteiger partial charge in [0.25, 0.3) is 0 Å². The van der Waals surface area contributed by atoms with Crippen molar-refractivity contribution in [1.29, 1.82) is 0 Å². The highest BCUT2D eigenvalue weighted by atomic mass is 35.5. The smallest absolute Gasteiger partial charge is 0.235 e. The molecule has 4 N–H and O–H groups in total. The van der Waals surface area contributed by atoms with E-state index < -0.39 is 35.1 Å². The lowest BCUT2D eigenvalue weighted by atomic mass is 9.68. The summed E-state index contributed by atoms with van der Waals surface area (Å²) < 4.78 is 15.1. The van der Waals surface area contributed by atoms with Gasteiger partial charge in [-0.1, -0.05) is 60.7 Å². The lowest BCUT2D eigenvalue weighted by Crippen LogP contribution is -2.53. The molecule has 2 aliphatic rings. The summed E-state index contributed by atoms with van der Waals surface area (Å²) in [6.45, 7) is 0. The van der Waals surface area contributed by atoms with Gasteiger partial charge in [0, 0.05) is 22.2 Å². The molecule has 164 valence electrons. The van der Waals surface area contributed by atoms with E-state index in [-0.39, 0.29) is 16.5 Å². The van der Waals surface area contributed by atoms with Crippen LogP contribution in [0.3, 0.4) is 0 Å². The normalized spacial score (nSPS) is 24.8. The first kappa shape index (κ1) is 22.1. The number of rotatable bonds is 4. The number of halogens is 3. The van der Waals surface area contributed by atoms with E-state index in [0.717, 1.165) is 19.3 Å². The molecular formula is C23H24Cl2FN3O2. The highest BCUT2D eigenvalue weighted by molar-refractivity contribution is 6.31. The van der Waals surface area contributed by atoms with Crippen LogP contribution in [0.25, 0.3) is 0 Å². The summed E-state index contributed by atoms with van der Waals surface area (Å²) in [6, 6.07) is 10.6. The van der Waals surface area contributed by atoms with Crippen molar-refractivity contribution in [3.63, 3.8) is 0 Å². The van der Waals surface area contributed by atoms with Crippen LogP contribution >= 0.6 is 23.2 Å². The fourth-order valence-electron chi connectivity index (χ4n) is 5.25. The maximum Gasteiger partial charge on any atom is 0.235 e. The van der Waals surface area contributed by atoms with Crippen molar-refractivity contribution >= 4 is 40.7 Å². The zero-order valence-electron chi connectivity index (χ0n) is 16.8. The third-order valence-electron chi connectivity index (χ3n) is 6.52. The molecule has 1 saturated heterocycles. The Morgan fingerprint density at radius 1 is 1.10 bits per heavy atom. The molecule has 1 saturated carbocycles. The monoisotopic (exact) mass is 463 g/mol. The zero-order valence-corrected chi connectivity index (χ0v) is 18.3. The summed E-state index contributed by atoms with van der Waals surface area (Å²) in [5.41, 5.74) is 5.84. The van der Waals surface area contributed by atoms with Gasteiger partial charge >= 0.3 is 0 Å². The number of amides is 2. The first-order valence-electron chi connectivity index (χ1n) is 10.4. The number of primary amides is 1. The summed E-state index contributed by atoms with van der Waals surface area (Å²) in [7, 11) is 0. The van der Waals surface area contributed by atoms with Crippen LogP contribution in [0, 0.1) is 11.7 Å². The first-order valence-corrected chi connectivity index (χ1v) is 11.2. The molecule has 31 heavy (non-hydrogen) atoms. The second-order valence-corrected chi connectivity index (χ2v) is 9.23. The Morgan fingerprint density at radius 3 is 2.48 bits per heavy atom. The standard InChI is InChI=1S/C23H24Cl2FN3O2/c24-13-6-4-7-14(12-13)28-22(31)18-17(15-8-5-9-16(25)19(15)26)20(21(27)30)29-23(18)10-2-1-3-11-23/h4-9,12,17-18,20,29H,1-3,10-11H2,(H2,27,30)(H,28,31)/t17?,18?,20-/m1/s1. The summed E-state index contributed by atoms with van der Waals surface area (Å²) in [4.78, 5) is 26.1. The average Bonchev–Trinajstić information content (AvgIpc) is 3.05. The van der Waals surface area contributed by atoms with Crippen molar-refractivity contribution in [2.75, 3.05) is 5.32 Å². The van der Waals surface area contributed by atoms with E-state index >= 15 is 4.39 Å². The Balaban J connectivity index is 1.81. The van der Waals surface area contributed by atoms with Gasteiger partial charge in [0.2, 0.25) is 11.8 Å². The van der Waals surface area contributed by atoms with E-state index in [9.17, 15) is 9.59 Å². The zero-order chi connectivity index (χ0) is 22.2. The van der Waals surface area contributed by atoms with Gasteiger partial charge in [-0.05, 0) is 42.7 Å². The molecule has 2 aromatic carbocycles. The van der Waals surface area contributed by atoms with E-state index in [1.165, 1.54) is 6.07 Å². The highest BCUT2D eigenvalue weighted by Crippen LogP contribution is 2.50. The molecule has 1 aliphatic carbocycles. The molecule has 2 aromatic rings. The predicted molar refractivity (Wildman–Crippen MR) is 120 cm³/mol. The van der Waals surface area contributed by atoms with Crippen LogP contribution in [-0.4, -0.2) is 23.4 Å². The van der Waals surface area contributed by atoms with Crippen molar-refractivity contribution in [2.45, 2.75) is 49.6 Å². The Labute approximate surface area is 190 Å². The van der Waals surface area contributed by atoms with E-state index in [0.29, 0.717) is 23.6 Å². The van der Waals surface area contributed by atoms with Gasteiger partial charge in [-0.25, -0.2) is 4.39 Å². The van der Waals surface area contributed by atoms with Gasteiger partial charge in [0.05, 0.1) is 17.0 Å². The number of benzene rings is 2. The topological polar surface area (TPSA) is 84.2 Å². The Kier molecular flexibility index (Phi) is 6.24. The van der Waals surface area contributed by atoms with E-state index in [2.05, 4.69) is 10.6 Å². The number of nitrogens with one attached hydrogen (secondary N) is 2. The Hall–Kier alpha value is -2.15. The minimum atomic E-state index is -0.888. The van der Waals surface area contributed by atoms with Crippen LogP contribution in [0.2, 0.25) is 10.0 Å². The van der Waals surface area contributed by atoms with Gasteiger partial charge in [0.1, 0.15) is 5.82 Å². The van der Waals surface area contributed by atoms with Crippen LogP contribution in [0.5, 0.6) is 0 Å². The number of carbonyl (C=O) groups is 2. The fraction of sp³-hybridized carbons (Fsp3) is 0.391. The molecule has 3 atom stereocenters. The van der Waals surface area contributed by atoms with Gasteiger partial charge in [0.15, 0.2) is 0 Å². The van der Waals surface area contributed by atoms with E-state index in [4.69, 9.17) is 28.9 Å². The maximum absolute atomic E-state index is 15.1. The molecule has 0 bridgehead atoms. The van der Waals surface area contributed by atoms with Crippen LogP contribution < -0.4 is 16.4 Å². The molecule has 1 spiro atoms. The van der Waals surface area contributed by atoms with Crippen molar-refractivity contribution < 1.29 is 14.0 Å². The maximum atomic E-state index is 15.1. The second-order valence-electron chi connectivity index (χ2n) is 8.39. The van der Waals surface area contributed by atoms with Gasteiger partial charge < -0.3 is 11.1 Å². The van der Waals surface area contributed by atoms with Crippen LogP contribution in [0.4, 0.5) is 10.1 Å². The summed E-state index contributed by atoms with van der Waals surface area (Å²) in [6.07, 6.45) is 4.25. The van der Waals surface area contributed by atoms with Crippen molar-refractivity contribution in [2.24, 2.45) is 11.7 Å². The van der Waals surface area contributed by atoms with Crippen molar-refractivity contribution in [1.82, 2.24) is 5.32 Å². The summed E-state index contributed by atoms with van der Waals surface area (Å²) in [5.74, 6) is -3.04. The fourth-order valence-corrected chi connectivity index (χ4v) is 5.62. The van der Waals surface area contributed by atoms with Crippen LogP contribution in [0.1, 0.15) is 43.6 Å². The molecule has 1 aliphatic heterocycles. The molecule has 2 unspecified atom stereocenters. The third-order valence-corrected chi connectivity index (χ3v) is 7.05. The van der Waals surface area contributed by atoms with Gasteiger partial charge in [-0.3, -0.25) is 14.9 Å². The van der Waals surface area contributed by atoms with Gasteiger partial charge in [-0.15, -0.1) is 0 Å². The number of hydrogen-bond acceptors (Lipinski definition) is 3. The Morgan fingerprint density at radius 2 is 1.81 bits per heavy atom. The second kappa shape index (κ2) is 8.77. The first-order chi connectivity index (χ1) is 14.8. The largest absolute Gasteiger partial charge is 0.368 e. The lowest BCUT2D eigenvalue weighted by Gasteiger charge is -2.39. The Bertz CT molecular complexity index is 1010. The summed E-state index contributed by atoms with van der Waals surface area (Å²) in [5, 5.41) is 6.71. The van der Waals surface area contributed by atoms with E-state index in [1.54, 1.807) is 36.4 Å². The minimum Gasteiger partial charge on any atom is -0.368 e. The number of nitrogens with two attached hydrogens (primary N) is 1. The highest BCUT2D eigenvalue weighted by Gasteiger charge is 2.58. The molecule has 5 nitrogen and oxygen atoms in total. The molecule has 0 radical (unpaired) electrons. The summed E-state index contributed by atoms with van der Waals surface area (Å²) >= 11 is 12.1. The molecule has 0 aromatic heterocycles. The number of carbonyl (C=O) groups excluding carboxylic acids is 2. The quantitative estimate of drug-likeness (QED) is 0.617. The third kappa shape index (κ3) is 4.16. The molecule has 2 amide bonds. The van der Waals surface area contributed by atoms with Crippen LogP contribution in [-0.2, 0) is 9.59 Å². The van der Waals surface area contributed by atoms with E-state index in [1.807, 2.05) is 0 Å². The molecule has 2 fully saturated rings. The molecule has 1 heterocycles. The van der Waals surface area contributed by atoms with Gasteiger partial charge in [-0.2, -0.15) is 0 Å². The molecule has 4 rings (SSSR count). The number of hydrogen-bond donors (Lipinski definition) is 3. The predicted octanol–water partition coefficient (Wildman–Crippen LogP) is 4.63. The minimum absolute atomic E-state index is 0.0562. The molecular weight excluding hydrogens is 440 g/mol. The van der Waals surface area contributed by atoms with Crippen molar-refractivity contribution in [3.8, 4) is 0 Å². The lowest BCUT2D eigenvalue weighted by molar-refractivity contribution is -0.122. The van der Waals surface area contributed by atoms with Crippen molar-refractivity contribution in [3.05, 3.63) is 63.9 Å². The van der Waals surface area contributed by atoms with Crippen LogP contribution in [0.15, 0.2) is 42.5 Å². The SMILES string of the molecule is NC(=O)[C@@H]1NC2(CCCCC2)C(C(=O)Nc2cccc(Cl)c2)C1c1cccc(Cl)c1F.